The van der Waals surface area contributed by atoms with E-state index in [0.717, 1.165) is 0 Å². The van der Waals surface area contributed by atoms with Crippen molar-refractivity contribution in [2.24, 2.45) is 5.92 Å². The number of amides is 2. The first-order valence-corrected chi connectivity index (χ1v) is 8.00. The molecule has 0 spiro atoms. The molecule has 2 N–H and O–H groups in total. The summed E-state index contributed by atoms with van der Waals surface area (Å²) in [6, 6.07) is 4.02. The van der Waals surface area contributed by atoms with Crippen molar-refractivity contribution < 1.29 is 4.79 Å². The van der Waals surface area contributed by atoms with E-state index in [4.69, 9.17) is 0 Å². The predicted molar refractivity (Wildman–Crippen MR) is 85.3 cm³/mol. The third kappa shape index (κ3) is 4.60. The summed E-state index contributed by atoms with van der Waals surface area (Å²) in [4.78, 5) is 17.3. The summed E-state index contributed by atoms with van der Waals surface area (Å²) in [5, 5.41) is 8.07. The molecule has 0 unspecified atom stereocenters. The Balaban J connectivity index is 1.87. The molecule has 0 bridgehead atoms. The number of hydrogen-bond acceptors (Lipinski definition) is 3. The summed E-state index contributed by atoms with van der Waals surface area (Å²) in [5.74, 6) is 0.346. The number of nitrogens with one attached hydrogen (secondary N) is 2. The molecular weight excluding hydrogens is 284 g/mol. The van der Waals surface area contributed by atoms with Gasteiger partial charge >= 0.3 is 6.03 Å². The number of carbonyl (C=O) groups is 1. The third-order valence-electron chi connectivity index (χ3n) is 3.22. The normalized spacial score (nSPS) is 13.9. The fourth-order valence-electron chi connectivity index (χ4n) is 2.20. The van der Waals surface area contributed by atoms with E-state index in [1.165, 1.54) is 4.88 Å². The summed E-state index contributed by atoms with van der Waals surface area (Å²) < 4.78 is 1.95. The van der Waals surface area contributed by atoms with Crippen molar-refractivity contribution in [1.82, 2.24) is 20.2 Å². The maximum Gasteiger partial charge on any atom is 0.315 e. The second kappa shape index (κ2) is 7.26. The summed E-state index contributed by atoms with van der Waals surface area (Å²) in [6.45, 7) is 6.91. The van der Waals surface area contributed by atoms with Crippen LogP contribution in [0.2, 0.25) is 0 Å². The molecule has 2 atom stereocenters. The van der Waals surface area contributed by atoms with Gasteiger partial charge in [-0.25, -0.2) is 9.78 Å². The third-order valence-corrected chi connectivity index (χ3v) is 4.18. The van der Waals surface area contributed by atoms with Crippen molar-refractivity contribution in [2.75, 3.05) is 0 Å². The number of aromatic nitrogens is 2. The maximum absolute atomic E-state index is 12.1. The van der Waals surface area contributed by atoms with Gasteiger partial charge in [0.2, 0.25) is 0 Å². The van der Waals surface area contributed by atoms with Crippen LogP contribution in [0.1, 0.15) is 31.7 Å². The highest BCUT2D eigenvalue weighted by atomic mass is 32.1. The SMILES string of the molecule is CC(C)[C@H](NC(=O)N[C@H](C)Cn1ccnc1)c1cccs1. The largest absolute Gasteiger partial charge is 0.335 e. The Morgan fingerprint density at radius 2 is 2.19 bits per heavy atom. The molecule has 0 radical (unpaired) electrons. The maximum atomic E-state index is 12.1. The second-order valence-electron chi connectivity index (χ2n) is 5.52. The van der Waals surface area contributed by atoms with Crippen LogP contribution < -0.4 is 10.6 Å². The Morgan fingerprint density at radius 3 is 2.76 bits per heavy atom. The molecular formula is C15H22N4OS. The van der Waals surface area contributed by atoms with E-state index >= 15 is 0 Å². The lowest BCUT2D eigenvalue weighted by atomic mass is 10.0. The number of hydrogen-bond donors (Lipinski definition) is 2. The number of urea groups is 1. The van der Waals surface area contributed by atoms with Crippen molar-refractivity contribution in [2.45, 2.75) is 39.4 Å². The van der Waals surface area contributed by atoms with Crippen LogP contribution in [0.4, 0.5) is 4.79 Å². The first kappa shape index (κ1) is 15.6. The highest BCUT2D eigenvalue weighted by Gasteiger charge is 2.19. The molecule has 0 aliphatic carbocycles. The lowest BCUT2D eigenvalue weighted by Gasteiger charge is -2.23. The summed E-state index contributed by atoms with van der Waals surface area (Å²) in [7, 11) is 0. The summed E-state index contributed by atoms with van der Waals surface area (Å²) >= 11 is 1.67. The number of nitrogens with zero attached hydrogens (tertiary/aromatic N) is 2. The first-order valence-electron chi connectivity index (χ1n) is 7.12. The minimum absolute atomic E-state index is 0.0374. The molecule has 0 saturated heterocycles. The smallest absolute Gasteiger partial charge is 0.315 e. The van der Waals surface area contributed by atoms with E-state index in [1.54, 1.807) is 23.9 Å². The predicted octanol–water partition coefficient (Wildman–Crippen LogP) is 3.03. The van der Waals surface area contributed by atoms with E-state index in [0.29, 0.717) is 12.5 Å². The van der Waals surface area contributed by atoms with Gasteiger partial charge in [-0.15, -0.1) is 11.3 Å². The topological polar surface area (TPSA) is 59.0 Å². The first-order chi connectivity index (χ1) is 10.1. The molecule has 0 saturated carbocycles. The Morgan fingerprint density at radius 1 is 1.38 bits per heavy atom. The molecule has 2 heterocycles. The van der Waals surface area contributed by atoms with Gasteiger partial charge in [0.05, 0.1) is 12.4 Å². The Labute approximate surface area is 129 Å². The van der Waals surface area contributed by atoms with Gasteiger partial charge in [0, 0.05) is 29.9 Å². The van der Waals surface area contributed by atoms with Gasteiger partial charge in [-0.3, -0.25) is 0 Å². The molecule has 2 aromatic rings. The zero-order chi connectivity index (χ0) is 15.2. The lowest BCUT2D eigenvalue weighted by Crippen LogP contribution is -2.44. The zero-order valence-corrected chi connectivity index (χ0v) is 13.4. The van der Waals surface area contributed by atoms with Gasteiger partial charge in [0.1, 0.15) is 0 Å². The summed E-state index contributed by atoms with van der Waals surface area (Å²) in [6.07, 6.45) is 5.37. The van der Waals surface area contributed by atoms with Gasteiger partial charge in [-0.05, 0) is 24.3 Å². The molecule has 0 aromatic carbocycles. The average molecular weight is 306 g/mol. The molecule has 21 heavy (non-hydrogen) atoms. The Kier molecular flexibility index (Phi) is 5.38. The molecule has 2 aromatic heterocycles. The second-order valence-corrected chi connectivity index (χ2v) is 6.49. The molecule has 2 rings (SSSR count). The molecule has 0 aliphatic rings. The van der Waals surface area contributed by atoms with Gasteiger partial charge in [0.15, 0.2) is 0 Å². The summed E-state index contributed by atoms with van der Waals surface area (Å²) in [5.41, 5.74) is 0. The number of carbonyl (C=O) groups excluding carboxylic acids is 1. The molecule has 2 amide bonds. The van der Waals surface area contributed by atoms with Gasteiger partial charge in [0.25, 0.3) is 0 Å². The Bertz CT molecular complexity index is 536. The molecule has 0 aliphatic heterocycles. The van der Waals surface area contributed by atoms with E-state index < -0.39 is 0 Å². The standard InChI is InChI=1S/C15H22N4OS/c1-11(2)14(13-5-4-8-21-13)18-15(20)17-12(3)9-19-7-6-16-10-19/h4-8,10-12,14H,9H2,1-3H3,(H2,17,18,20)/t12-,14+/m1/s1. The number of rotatable bonds is 6. The minimum Gasteiger partial charge on any atom is -0.335 e. The van der Waals surface area contributed by atoms with Crippen LogP contribution >= 0.6 is 11.3 Å². The number of thiophene rings is 1. The van der Waals surface area contributed by atoms with Crippen molar-refractivity contribution in [3.8, 4) is 0 Å². The van der Waals surface area contributed by atoms with E-state index in [1.807, 2.05) is 29.1 Å². The highest BCUT2D eigenvalue weighted by molar-refractivity contribution is 7.10. The number of imidazole rings is 1. The van der Waals surface area contributed by atoms with Crippen LogP contribution in [0.25, 0.3) is 0 Å². The van der Waals surface area contributed by atoms with Crippen LogP contribution in [0, 0.1) is 5.92 Å². The van der Waals surface area contributed by atoms with Crippen LogP contribution in [0.3, 0.4) is 0 Å². The monoisotopic (exact) mass is 306 g/mol. The van der Waals surface area contributed by atoms with Crippen LogP contribution in [0.5, 0.6) is 0 Å². The van der Waals surface area contributed by atoms with Crippen molar-refractivity contribution >= 4 is 17.4 Å². The molecule has 6 heteroatoms. The average Bonchev–Trinajstić information content (AvgIpc) is 3.07. The zero-order valence-electron chi connectivity index (χ0n) is 12.6. The Hall–Kier alpha value is -1.82. The quantitative estimate of drug-likeness (QED) is 0.862. The fourth-order valence-corrected chi connectivity index (χ4v) is 3.15. The van der Waals surface area contributed by atoms with Crippen LogP contribution in [-0.4, -0.2) is 21.6 Å². The highest BCUT2D eigenvalue weighted by Crippen LogP contribution is 2.25. The molecule has 114 valence electrons. The van der Waals surface area contributed by atoms with Crippen molar-refractivity contribution in [3.05, 3.63) is 41.1 Å². The van der Waals surface area contributed by atoms with Crippen LogP contribution in [0.15, 0.2) is 36.2 Å². The minimum atomic E-state index is -0.130. The van der Waals surface area contributed by atoms with Gasteiger partial charge in [-0.1, -0.05) is 19.9 Å². The molecule has 5 nitrogen and oxygen atoms in total. The van der Waals surface area contributed by atoms with Gasteiger partial charge < -0.3 is 15.2 Å². The van der Waals surface area contributed by atoms with E-state index in [9.17, 15) is 4.79 Å². The van der Waals surface area contributed by atoms with Crippen molar-refractivity contribution in [1.29, 1.82) is 0 Å². The van der Waals surface area contributed by atoms with E-state index in [-0.39, 0.29) is 18.1 Å². The fraction of sp³-hybridized carbons (Fsp3) is 0.467. The van der Waals surface area contributed by atoms with Crippen LogP contribution in [-0.2, 0) is 6.54 Å². The van der Waals surface area contributed by atoms with Gasteiger partial charge in [-0.2, -0.15) is 0 Å². The molecule has 0 fully saturated rings. The lowest BCUT2D eigenvalue weighted by molar-refractivity contribution is 0.229. The van der Waals surface area contributed by atoms with Crippen molar-refractivity contribution in [3.63, 3.8) is 0 Å². The van der Waals surface area contributed by atoms with E-state index in [2.05, 4.69) is 35.5 Å².